The van der Waals surface area contributed by atoms with Crippen LogP contribution in [0.15, 0.2) is 18.2 Å². The molecular formula is C16H24N2O6S. The molecule has 0 spiro atoms. The zero-order valence-electron chi connectivity index (χ0n) is 14.7. The summed E-state index contributed by atoms with van der Waals surface area (Å²) in [6.07, 6.45) is 0. The Morgan fingerprint density at radius 1 is 1.04 bits per heavy atom. The number of rotatable bonds is 7. The molecule has 0 bridgehead atoms. The van der Waals surface area contributed by atoms with E-state index < -0.39 is 10.0 Å². The van der Waals surface area contributed by atoms with Crippen LogP contribution in [-0.4, -0.2) is 83.4 Å². The van der Waals surface area contributed by atoms with E-state index in [9.17, 15) is 13.2 Å². The Kier molecular flexibility index (Phi) is 6.63. The molecule has 0 saturated carbocycles. The van der Waals surface area contributed by atoms with Crippen molar-refractivity contribution in [3.8, 4) is 11.5 Å². The molecule has 0 unspecified atom stereocenters. The Bertz CT molecular complexity index is 676. The fraction of sp³-hybridized carbons (Fsp3) is 0.562. The summed E-state index contributed by atoms with van der Waals surface area (Å²) >= 11 is 0. The van der Waals surface area contributed by atoms with Gasteiger partial charge in [0.1, 0.15) is 17.1 Å². The summed E-state index contributed by atoms with van der Waals surface area (Å²) < 4.78 is 41.2. The first kappa shape index (κ1) is 19.5. The maximum Gasteiger partial charge on any atom is 0.261 e. The number of carbonyl (C=O) groups is 1. The first-order valence-electron chi connectivity index (χ1n) is 7.91. The molecule has 140 valence electrons. The van der Waals surface area contributed by atoms with Gasteiger partial charge in [-0.25, -0.2) is 8.42 Å². The number of nitrogens with zero attached hydrogens (tertiary/aromatic N) is 2. The van der Waals surface area contributed by atoms with E-state index in [4.69, 9.17) is 14.2 Å². The van der Waals surface area contributed by atoms with E-state index in [-0.39, 0.29) is 31.4 Å². The van der Waals surface area contributed by atoms with Gasteiger partial charge in [-0.15, -0.1) is 0 Å². The molecule has 9 heteroatoms. The van der Waals surface area contributed by atoms with E-state index in [0.717, 1.165) is 0 Å². The second-order valence-electron chi connectivity index (χ2n) is 5.54. The van der Waals surface area contributed by atoms with Crippen molar-refractivity contribution in [1.29, 1.82) is 0 Å². The lowest BCUT2D eigenvalue weighted by Gasteiger charge is -2.34. The third kappa shape index (κ3) is 4.42. The summed E-state index contributed by atoms with van der Waals surface area (Å²) in [4.78, 5) is 14.5. The molecule has 0 aliphatic carbocycles. The first-order valence-corrected chi connectivity index (χ1v) is 9.52. The van der Waals surface area contributed by atoms with Gasteiger partial charge in [-0.1, -0.05) is 6.07 Å². The molecule has 1 aliphatic rings. The van der Waals surface area contributed by atoms with Crippen LogP contribution in [-0.2, 0) is 14.8 Å². The molecule has 0 aromatic heterocycles. The Hall–Kier alpha value is -1.84. The lowest BCUT2D eigenvalue weighted by molar-refractivity contribution is 0.0690. The average Bonchev–Trinajstić information content (AvgIpc) is 2.65. The Morgan fingerprint density at radius 3 is 2.08 bits per heavy atom. The summed E-state index contributed by atoms with van der Waals surface area (Å²) in [5.41, 5.74) is 0.350. The smallest absolute Gasteiger partial charge is 0.261 e. The average molecular weight is 372 g/mol. The highest BCUT2D eigenvalue weighted by molar-refractivity contribution is 7.89. The number of benzene rings is 1. The molecule has 0 atom stereocenters. The zero-order chi connectivity index (χ0) is 18.4. The van der Waals surface area contributed by atoms with Crippen LogP contribution in [0.3, 0.4) is 0 Å². The number of sulfonamides is 1. The molecular weight excluding hydrogens is 348 g/mol. The van der Waals surface area contributed by atoms with Crippen molar-refractivity contribution >= 4 is 15.9 Å². The molecule has 1 aromatic rings. The number of ether oxygens (including phenoxy) is 3. The van der Waals surface area contributed by atoms with Gasteiger partial charge < -0.3 is 19.1 Å². The molecule has 1 amide bonds. The Balaban J connectivity index is 2.10. The fourth-order valence-electron chi connectivity index (χ4n) is 2.71. The minimum atomic E-state index is -3.36. The predicted molar refractivity (Wildman–Crippen MR) is 92.7 cm³/mol. The van der Waals surface area contributed by atoms with Crippen LogP contribution in [0, 0.1) is 0 Å². The monoisotopic (exact) mass is 372 g/mol. The molecule has 1 heterocycles. The number of carbonyl (C=O) groups excluding carboxylic acids is 1. The molecule has 1 fully saturated rings. The summed E-state index contributed by atoms with van der Waals surface area (Å²) in [5.74, 6) is 0.569. The van der Waals surface area contributed by atoms with Gasteiger partial charge in [0, 0.05) is 33.3 Å². The van der Waals surface area contributed by atoms with Gasteiger partial charge in [-0.05, 0) is 12.1 Å². The number of methoxy groups -OCH3 is 3. The van der Waals surface area contributed by atoms with Crippen molar-refractivity contribution in [2.24, 2.45) is 0 Å². The highest BCUT2D eigenvalue weighted by Gasteiger charge is 2.31. The van der Waals surface area contributed by atoms with Crippen molar-refractivity contribution in [1.82, 2.24) is 9.21 Å². The number of hydrogen-bond acceptors (Lipinski definition) is 6. The van der Waals surface area contributed by atoms with Crippen molar-refractivity contribution in [3.05, 3.63) is 23.8 Å². The second kappa shape index (κ2) is 8.50. The van der Waals surface area contributed by atoms with Crippen molar-refractivity contribution in [3.63, 3.8) is 0 Å². The highest BCUT2D eigenvalue weighted by Crippen LogP contribution is 2.30. The van der Waals surface area contributed by atoms with Crippen LogP contribution in [0.1, 0.15) is 10.4 Å². The van der Waals surface area contributed by atoms with Crippen LogP contribution in [0.25, 0.3) is 0 Å². The minimum absolute atomic E-state index is 0.0578. The van der Waals surface area contributed by atoms with E-state index >= 15 is 0 Å². The largest absolute Gasteiger partial charge is 0.496 e. The van der Waals surface area contributed by atoms with Crippen LogP contribution in [0.2, 0.25) is 0 Å². The SMILES string of the molecule is COCCS(=O)(=O)N1CCN(C(=O)c2c(OC)cccc2OC)CC1. The van der Waals surface area contributed by atoms with Crippen molar-refractivity contribution in [2.45, 2.75) is 0 Å². The fourth-order valence-corrected chi connectivity index (χ4v) is 4.06. The normalized spacial score (nSPS) is 15.9. The number of piperazine rings is 1. The quantitative estimate of drug-likeness (QED) is 0.690. The molecule has 0 radical (unpaired) electrons. The van der Waals surface area contributed by atoms with Crippen LogP contribution < -0.4 is 9.47 Å². The van der Waals surface area contributed by atoms with E-state index in [1.54, 1.807) is 23.1 Å². The summed E-state index contributed by atoms with van der Waals surface area (Å²) in [5, 5.41) is 0. The van der Waals surface area contributed by atoms with E-state index in [0.29, 0.717) is 30.2 Å². The van der Waals surface area contributed by atoms with Crippen LogP contribution >= 0.6 is 0 Å². The third-order valence-electron chi connectivity index (χ3n) is 4.11. The van der Waals surface area contributed by atoms with Crippen LogP contribution in [0.5, 0.6) is 11.5 Å². The summed E-state index contributed by atoms with van der Waals surface area (Å²) in [6.45, 7) is 1.29. The predicted octanol–water partition coefficient (Wildman–Crippen LogP) is 0.438. The summed E-state index contributed by atoms with van der Waals surface area (Å²) in [6, 6.07) is 5.14. The second-order valence-corrected chi connectivity index (χ2v) is 7.63. The standard InChI is InChI=1S/C16H24N2O6S/c1-22-11-12-25(20,21)18-9-7-17(8-10-18)16(19)15-13(23-2)5-4-6-14(15)24-3/h4-6H,7-12H2,1-3H3. The molecule has 1 aliphatic heterocycles. The number of amides is 1. The van der Waals surface area contributed by atoms with E-state index in [2.05, 4.69) is 0 Å². The number of hydrogen-bond donors (Lipinski definition) is 0. The Morgan fingerprint density at radius 2 is 1.60 bits per heavy atom. The van der Waals surface area contributed by atoms with Gasteiger partial charge in [0.05, 0.1) is 26.6 Å². The molecule has 8 nitrogen and oxygen atoms in total. The Labute approximate surface area is 148 Å². The maximum atomic E-state index is 12.9. The van der Waals surface area contributed by atoms with Gasteiger partial charge in [0.25, 0.3) is 5.91 Å². The molecule has 0 N–H and O–H groups in total. The zero-order valence-corrected chi connectivity index (χ0v) is 15.5. The lowest BCUT2D eigenvalue weighted by atomic mass is 10.1. The maximum absolute atomic E-state index is 12.9. The van der Waals surface area contributed by atoms with Gasteiger partial charge in [0.15, 0.2) is 0 Å². The molecule has 1 saturated heterocycles. The van der Waals surface area contributed by atoms with Crippen LogP contribution in [0.4, 0.5) is 0 Å². The highest BCUT2D eigenvalue weighted by atomic mass is 32.2. The third-order valence-corrected chi connectivity index (χ3v) is 5.94. The lowest BCUT2D eigenvalue weighted by Crippen LogP contribution is -2.51. The molecule has 25 heavy (non-hydrogen) atoms. The van der Waals surface area contributed by atoms with Gasteiger partial charge >= 0.3 is 0 Å². The molecule has 1 aromatic carbocycles. The summed E-state index contributed by atoms with van der Waals surface area (Å²) in [7, 11) is 1.08. The van der Waals surface area contributed by atoms with Crippen molar-refractivity contribution < 1.29 is 27.4 Å². The van der Waals surface area contributed by atoms with Gasteiger partial charge in [-0.2, -0.15) is 4.31 Å². The minimum Gasteiger partial charge on any atom is -0.496 e. The topological polar surface area (TPSA) is 85.4 Å². The molecule has 2 rings (SSSR count). The van der Waals surface area contributed by atoms with Gasteiger partial charge in [-0.3, -0.25) is 4.79 Å². The van der Waals surface area contributed by atoms with Crippen molar-refractivity contribution in [2.75, 3.05) is 59.9 Å². The van der Waals surface area contributed by atoms with Gasteiger partial charge in [0.2, 0.25) is 10.0 Å². The van der Waals surface area contributed by atoms with E-state index in [1.807, 2.05) is 0 Å². The first-order chi connectivity index (χ1) is 11.9. The van der Waals surface area contributed by atoms with E-state index in [1.165, 1.54) is 25.6 Å².